The fourth-order valence-electron chi connectivity index (χ4n) is 3.90. The van der Waals surface area contributed by atoms with E-state index >= 15 is 0 Å². The van der Waals surface area contributed by atoms with E-state index in [1.54, 1.807) is 27.8 Å². The molecule has 2 aromatic rings. The van der Waals surface area contributed by atoms with Gasteiger partial charge in [0.05, 0.1) is 12.5 Å². The molecule has 0 aliphatic rings. The van der Waals surface area contributed by atoms with Crippen LogP contribution in [0.3, 0.4) is 0 Å². The Morgan fingerprint density at radius 1 is 1.07 bits per heavy atom. The molecule has 1 atom stereocenters. The molecule has 2 aromatic heterocycles. The van der Waals surface area contributed by atoms with Crippen LogP contribution in [-0.2, 0) is 32.8 Å². The number of rotatable bonds is 14. The SMILES string of the molecule is CCC(CC)CNC(=O)Cn1cccc(NC(=O)C(CCC(=O)C(=O)NC(C)(C)C)NC(=O)c2cncn2C)c1=O. The maximum absolute atomic E-state index is 13.3. The summed E-state index contributed by atoms with van der Waals surface area (Å²) < 4.78 is 2.62. The van der Waals surface area contributed by atoms with Crippen LogP contribution in [0.1, 0.15) is 70.8 Å². The molecule has 4 amide bonds. The second-order valence-corrected chi connectivity index (χ2v) is 10.9. The van der Waals surface area contributed by atoms with Gasteiger partial charge in [-0.1, -0.05) is 26.7 Å². The minimum absolute atomic E-state index is 0.109. The number of ketones is 1. The first-order valence-corrected chi connectivity index (χ1v) is 13.6. The van der Waals surface area contributed by atoms with E-state index in [-0.39, 0.29) is 36.7 Å². The topological polar surface area (TPSA) is 173 Å². The summed E-state index contributed by atoms with van der Waals surface area (Å²) in [7, 11) is 1.60. The third-order valence-corrected chi connectivity index (χ3v) is 6.41. The van der Waals surface area contributed by atoms with E-state index in [0.29, 0.717) is 12.5 Å². The third kappa shape index (κ3) is 10.3. The molecule has 1 unspecified atom stereocenters. The Morgan fingerprint density at radius 2 is 1.76 bits per heavy atom. The van der Waals surface area contributed by atoms with E-state index in [2.05, 4.69) is 26.3 Å². The van der Waals surface area contributed by atoms with Crippen LogP contribution in [-0.4, -0.2) is 61.7 Å². The lowest BCUT2D eigenvalue weighted by Crippen LogP contribution is -2.47. The Labute approximate surface area is 239 Å². The molecular weight excluding hydrogens is 530 g/mol. The van der Waals surface area contributed by atoms with Gasteiger partial charge in [0.15, 0.2) is 0 Å². The maximum atomic E-state index is 13.3. The molecular formula is C28H41N7O6. The predicted octanol–water partition coefficient (Wildman–Crippen LogP) is 1.14. The highest BCUT2D eigenvalue weighted by Gasteiger charge is 2.27. The van der Waals surface area contributed by atoms with Gasteiger partial charge in [-0.15, -0.1) is 0 Å². The van der Waals surface area contributed by atoms with Crippen molar-refractivity contribution in [2.75, 3.05) is 11.9 Å². The molecule has 0 radical (unpaired) electrons. The molecule has 13 heteroatoms. The van der Waals surface area contributed by atoms with Gasteiger partial charge < -0.3 is 30.4 Å². The molecule has 0 spiro atoms. The molecule has 2 rings (SSSR count). The van der Waals surface area contributed by atoms with Crippen LogP contribution in [0.5, 0.6) is 0 Å². The Hall–Kier alpha value is -4.29. The summed E-state index contributed by atoms with van der Waals surface area (Å²) in [6, 6.07) is 1.62. The fourth-order valence-corrected chi connectivity index (χ4v) is 3.90. The first-order valence-electron chi connectivity index (χ1n) is 13.6. The van der Waals surface area contributed by atoms with Gasteiger partial charge in [0.2, 0.25) is 17.6 Å². The van der Waals surface area contributed by atoms with Crippen LogP contribution >= 0.6 is 0 Å². The van der Waals surface area contributed by atoms with Crippen LogP contribution in [0.2, 0.25) is 0 Å². The molecule has 0 fully saturated rings. The van der Waals surface area contributed by atoms with Crippen molar-refractivity contribution in [3.05, 3.63) is 46.9 Å². The molecule has 0 saturated carbocycles. The highest BCUT2D eigenvalue weighted by molar-refractivity contribution is 6.36. The zero-order chi connectivity index (χ0) is 30.7. The Morgan fingerprint density at radius 3 is 2.34 bits per heavy atom. The number of carbonyl (C=O) groups is 5. The molecule has 2 heterocycles. The Kier molecular flexibility index (Phi) is 12.0. The number of aryl methyl sites for hydroxylation is 1. The fraction of sp³-hybridized carbons (Fsp3) is 0.536. The van der Waals surface area contributed by atoms with Gasteiger partial charge in [-0.3, -0.25) is 28.8 Å². The smallest absolute Gasteiger partial charge is 0.287 e. The van der Waals surface area contributed by atoms with E-state index in [1.807, 2.05) is 13.8 Å². The van der Waals surface area contributed by atoms with Gasteiger partial charge >= 0.3 is 0 Å². The van der Waals surface area contributed by atoms with Crippen molar-refractivity contribution in [3.63, 3.8) is 0 Å². The number of hydrogen-bond donors (Lipinski definition) is 4. The molecule has 41 heavy (non-hydrogen) atoms. The largest absolute Gasteiger partial charge is 0.354 e. The molecule has 0 saturated heterocycles. The van der Waals surface area contributed by atoms with Crippen molar-refractivity contribution >= 4 is 35.1 Å². The first-order chi connectivity index (χ1) is 19.2. The van der Waals surface area contributed by atoms with Crippen molar-refractivity contribution in [1.29, 1.82) is 0 Å². The number of carbonyl (C=O) groups excluding carboxylic acids is 5. The molecule has 4 N–H and O–H groups in total. The van der Waals surface area contributed by atoms with Gasteiger partial charge in [0.25, 0.3) is 17.4 Å². The van der Waals surface area contributed by atoms with Crippen LogP contribution in [0.15, 0.2) is 35.6 Å². The zero-order valence-corrected chi connectivity index (χ0v) is 24.6. The second kappa shape index (κ2) is 14.9. The van der Waals surface area contributed by atoms with E-state index < -0.39 is 40.6 Å². The zero-order valence-electron chi connectivity index (χ0n) is 24.6. The van der Waals surface area contributed by atoms with Gasteiger partial charge in [-0.05, 0) is 45.2 Å². The number of nitrogens with one attached hydrogen (secondary N) is 4. The molecule has 13 nitrogen and oxygen atoms in total. The molecule has 0 aliphatic carbocycles. The summed E-state index contributed by atoms with van der Waals surface area (Å²) in [4.78, 5) is 80.1. The van der Waals surface area contributed by atoms with Crippen molar-refractivity contribution < 1.29 is 24.0 Å². The average Bonchev–Trinajstić information content (AvgIpc) is 3.33. The van der Waals surface area contributed by atoms with Crippen LogP contribution in [0.25, 0.3) is 0 Å². The van der Waals surface area contributed by atoms with Gasteiger partial charge in [-0.2, -0.15) is 0 Å². The van der Waals surface area contributed by atoms with Crippen LogP contribution < -0.4 is 26.8 Å². The van der Waals surface area contributed by atoms with E-state index in [4.69, 9.17) is 0 Å². The van der Waals surface area contributed by atoms with E-state index in [0.717, 1.165) is 12.8 Å². The van der Waals surface area contributed by atoms with Crippen LogP contribution in [0, 0.1) is 5.92 Å². The number of hydrogen-bond acceptors (Lipinski definition) is 7. The van der Waals surface area contributed by atoms with Crippen LogP contribution in [0.4, 0.5) is 5.69 Å². The maximum Gasteiger partial charge on any atom is 0.287 e. The second-order valence-electron chi connectivity index (χ2n) is 10.9. The molecule has 224 valence electrons. The van der Waals surface area contributed by atoms with Crippen molar-refractivity contribution in [2.24, 2.45) is 13.0 Å². The van der Waals surface area contributed by atoms with Gasteiger partial charge in [0.1, 0.15) is 24.0 Å². The summed E-state index contributed by atoms with van der Waals surface area (Å²) >= 11 is 0. The van der Waals surface area contributed by atoms with Gasteiger partial charge in [0, 0.05) is 31.7 Å². The summed E-state index contributed by atoms with van der Waals surface area (Å²) in [5.41, 5.74) is -1.19. The normalized spacial score (nSPS) is 12.0. The van der Waals surface area contributed by atoms with Crippen molar-refractivity contribution in [1.82, 2.24) is 30.1 Å². The molecule has 0 bridgehead atoms. The molecule has 0 aromatic carbocycles. The monoisotopic (exact) mass is 571 g/mol. The number of aromatic nitrogens is 3. The third-order valence-electron chi connectivity index (χ3n) is 6.41. The summed E-state index contributed by atoms with van der Waals surface area (Å²) in [5, 5.41) is 10.4. The lowest BCUT2D eigenvalue weighted by Gasteiger charge is -2.21. The highest BCUT2D eigenvalue weighted by atomic mass is 16.2. The number of imidazole rings is 1. The lowest BCUT2D eigenvalue weighted by atomic mass is 10.0. The average molecular weight is 572 g/mol. The van der Waals surface area contributed by atoms with Crippen molar-refractivity contribution in [2.45, 2.75) is 78.4 Å². The van der Waals surface area contributed by atoms with Crippen molar-refractivity contribution in [3.8, 4) is 0 Å². The summed E-state index contributed by atoms with van der Waals surface area (Å²) in [5.74, 6) is -2.95. The standard InChI is InChI=1S/C28H41N7O6/c1-7-18(8-2)14-30-23(37)16-35-13-9-10-20(27(35)41)32-24(38)19(31-25(39)21-15-29-17-34(21)6)11-12-22(36)26(40)33-28(3,4)5/h9-10,13,15,17-19H,7-8,11-12,14,16H2,1-6H3,(H,30,37)(H,31,39)(H,32,38)(H,33,40). The summed E-state index contributed by atoms with van der Waals surface area (Å²) in [6.07, 6.45) is 5.47. The predicted molar refractivity (Wildman–Crippen MR) is 153 cm³/mol. The van der Waals surface area contributed by atoms with Gasteiger partial charge in [-0.25, -0.2) is 4.98 Å². The minimum atomic E-state index is -1.26. The van der Waals surface area contributed by atoms with E-state index in [1.165, 1.54) is 40.0 Å². The number of Topliss-reactive ketones (excluding diaryl/α,β-unsaturated/α-hetero) is 1. The quantitative estimate of drug-likeness (QED) is 0.246. The minimum Gasteiger partial charge on any atom is -0.354 e. The lowest BCUT2D eigenvalue weighted by molar-refractivity contribution is -0.139. The highest BCUT2D eigenvalue weighted by Crippen LogP contribution is 2.08. The Balaban J connectivity index is 2.18. The number of pyridine rings is 1. The molecule has 0 aliphatic heterocycles. The first kappa shape index (κ1) is 32.9. The number of amides is 4. The van der Waals surface area contributed by atoms with E-state index in [9.17, 15) is 28.8 Å². The number of anilines is 1. The number of nitrogens with zero attached hydrogens (tertiary/aromatic N) is 3. The Bertz CT molecular complexity index is 1300. The summed E-state index contributed by atoms with van der Waals surface area (Å²) in [6.45, 7) is 9.53.